The Morgan fingerprint density at radius 1 is 0.491 bits per heavy atom. The maximum atomic E-state index is 7.41. The van der Waals surface area contributed by atoms with E-state index in [1.165, 1.54) is 0 Å². The van der Waals surface area contributed by atoms with Crippen LogP contribution < -0.4 is 23.1 Å². The fraction of sp³-hybridized carbons (Fsp3) is 0.209. The third-order valence-corrected chi connectivity index (χ3v) is 9.71. The Kier molecular flexibility index (Phi) is 12.4. The Morgan fingerprint density at radius 2 is 0.925 bits per heavy atom. The van der Waals surface area contributed by atoms with E-state index in [-0.39, 0.29) is 42.9 Å². The molecule has 0 amide bonds. The highest BCUT2D eigenvalue weighted by Crippen LogP contribution is 2.47. The van der Waals surface area contributed by atoms with Gasteiger partial charge >= 0.3 is 14.6 Å². The summed E-state index contributed by atoms with van der Waals surface area (Å²) in [6.07, 6.45) is -1.14. The van der Waals surface area contributed by atoms with Gasteiger partial charge in [0.2, 0.25) is 17.3 Å². The quantitative estimate of drug-likeness (QED) is 0.0646. The number of hydrogen-bond donors (Lipinski definition) is 0. The lowest BCUT2D eigenvalue weighted by atomic mass is 9.96. The summed E-state index contributed by atoms with van der Waals surface area (Å²) < 4.78 is 61.3. The molecule has 5 aromatic carbocycles. The highest BCUT2D eigenvalue weighted by molar-refractivity contribution is 6.61. The molecule has 1 aliphatic rings. The minimum absolute atomic E-state index is 0.0915. The van der Waals surface area contributed by atoms with Crippen molar-refractivity contribution in [2.75, 3.05) is 19.8 Å². The molecule has 0 spiro atoms. The van der Waals surface area contributed by atoms with E-state index >= 15 is 0 Å². The van der Waals surface area contributed by atoms with Crippen LogP contribution in [-0.4, -0.2) is 40.5 Å². The molecule has 6 rings (SSSR count). The van der Waals surface area contributed by atoms with Crippen LogP contribution in [0.5, 0.6) is 28.7 Å². The topological polar surface area (TPSA) is 83.1 Å². The summed E-state index contributed by atoms with van der Waals surface area (Å²) in [5.74, 6) is 1.28. The number of ether oxygens (including phenoxy) is 6. The van der Waals surface area contributed by atoms with Crippen molar-refractivity contribution in [3.05, 3.63) is 175 Å². The first-order valence-electron chi connectivity index (χ1n) is 17.7. The first kappa shape index (κ1) is 37.1. The van der Waals surface area contributed by atoms with Gasteiger partial charge in [-0.1, -0.05) is 91.0 Å². The molecule has 2 unspecified atom stereocenters. The van der Waals surface area contributed by atoms with Crippen molar-refractivity contribution in [1.82, 2.24) is 0 Å². The third-order valence-electron chi connectivity index (χ3n) is 7.83. The lowest BCUT2D eigenvalue weighted by Gasteiger charge is -2.46. The molecular weight excluding hydrogens is 689 g/mol. The molecule has 1 aliphatic carbocycles. The highest BCUT2D eigenvalue weighted by atomic mass is 28.4. The van der Waals surface area contributed by atoms with Crippen LogP contribution in [0.1, 0.15) is 20.8 Å². The van der Waals surface area contributed by atoms with E-state index in [1.54, 1.807) is 6.55 Å². The molecule has 0 saturated heterocycles. The predicted octanol–water partition coefficient (Wildman–Crippen LogP) is 9.58. The van der Waals surface area contributed by atoms with Crippen LogP contribution in [0.3, 0.4) is 0 Å². The monoisotopic (exact) mass is 732 g/mol. The SMILES string of the molecule is CCOC1=C(OCC)C(OCC)C(Oc2ccccc2)(O[Si](C)(Oc2ccccc2)Oc2ccccc2)C(Oc2ccccc2)=C1Oc1ccccc1. The molecule has 0 aliphatic heterocycles. The fourth-order valence-corrected chi connectivity index (χ4v) is 7.81. The molecule has 0 aromatic heterocycles. The van der Waals surface area contributed by atoms with E-state index in [9.17, 15) is 0 Å². The van der Waals surface area contributed by atoms with Crippen LogP contribution in [0.25, 0.3) is 0 Å². The summed E-state index contributed by atoms with van der Waals surface area (Å²) >= 11 is 0. The Hall–Kier alpha value is -5.68. The zero-order chi connectivity index (χ0) is 36.9. The first-order chi connectivity index (χ1) is 26.0. The van der Waals surface area contributed by atoms with Gasteiger partial charge in [0, 0.05) is 13.2 Å². The molecule has 5 aromatic rings. The molecule has 0 N–H and O–H groups in total. The summed E-state index contributed by atoms with van der Waals surface area (Å²) in [6, 6.07) is 46.6. The van der Waals surface area contributed by atoms with Gasteiger partial charge in [0.05, 0.1) is 13.2 Å². The second kappa shape index (κ2) is 17.7. The summed E-state index contributed by atoms with van der Waals surface area (Å²) in [5, 5.41) is 0. The van der Waals surface area contributed by atoms with Crippen molar-refractivity contribution < 1.29 is 41.7 Å². The standard InChI is InChI=1S/C43H44O9Si/c1-5-44-38-39(45-6-2)41(46-7-3)43(49-35-27-17-10-18-28-35,42(48-34-25-15-9-16-26-34)40(38)47-33-23-13-8-14-24-33)52-53(4,50-36-29-19-11-20-30-36)51-37-31-21-12-22-32-37/h8-32,41H,5-7H2,1-4H3. The smallest absolute Gasteiger partial charge is 0.492 e. The Morgan fingerprint density at radius 3 is 1.38 bits per heavy atom. The van der Waals surface area contributed by atoms with E-state index in [0.717, 1.165) is 0 Å². The molecule has 0 saturated carbocycles. The minimum Gasteiger partial charge on any atom is -0.492 e. The molecule has 10 heteroatoms. The second-order valence-corrected chi connectivity index (χ2v) is 14.1. The van der Waals surface area contributed by atoms with Crippen LogP contribution in [0.2, 0.25) is 6.55 Å². The van der Waals surface area contributed by atoms with Crippen molar-refractivity contribution in [2.24, 2.45) is 0 Å². The molecular formula is C43H44O9Si. The van der Waals surface area contributed by atoms with Gasteiger partial charge in [-0.15, -0.1) is 0 Å². The molecule has 53 heavy (non-hydrogen) atoms. The maximum absolute atomic E-state index is 7.41. The fourth-order valence-electron chi connectivity index (χ4n) is 5.76. The third kappa shape index (κ3) is 9.04. The largest absolute Gasteiger partial charge is 0.632 e. The molecule has 0 bridgehead atoms. The first-order valence-corrected chi connectivity index (χ1v) is 19.9. The number of para-hydroxylation sites is 5. The lowest BCUT2D eigenvalue weighted by molar-refractivity contribution is -0.213. The Balaban J connectivity index is 1.68. The summed E-state index contributed by atoms with van der Waals surface area (Å²) in [5.41, 5.74) is 0. The Labute approximate surface area is 312 Å². The van der Waals surface area contributed by atoms with Crippen LogP contribution in [0.4, 0.5) is 0 Å². The van der Waals surface area contributed by atoms with Crippen molar-refractivity contribution in [3.8, 4) is 28.7 Å². The molecule has 274 valence electrons. The normalized spacial score (nSPS) is 17.2. The van der Waals surface area contributed by atoms with Gasteiger partial charge in [0.15, 0.2) is 11.9 Å². The average molecular weight is 733 g/mol. The van der Waals surface area contributed by atoms with Crippen LogP contribution in [0.15, 0.2) is 175 Å². The zero-order valence-electron chi connectivity index (χ0n) is 30.3. The van der Waals surface area contributed by atoms with E-state index < -0.39 is 20.7 Å². The van der Waals surface area contributed by atoms with Crippen LogP contribution in [0, 0.1) is 0 Å². The van der Waals surface area contributed by atoms with Crippen molar-refractivity contribution in [2.45, 2.75) is 39.2 Å². The highest BCUT2D eigenvalue weighted by Gasteiger charge is 2.64. The summed E-state index contributed by atoms with van der Waals surface area (Å²) in [7, 11) is -3.98. The van der Waals surface area contributed by atoms with Crippen LogP contribution in [-0.2, 0) is 18.6 Å². The predicted molar refractivity (Wildman–Crippen MR) is 204 cm³/mol. The van der Waals surface area contributed by atoms with E-state index in [1.807, 2.05) is 172 Å². The number of hydrogen-bond acceptors (Lipinski definition) is 9. The van der Waals surface area contributed by atoms with Gasteiger partial charge in [-0.3, -0.25) is 0 Å². The number of rotatable bonds is 18. The van der Waals surface area contributed by atoms with Gasteiger partial charge in [0.1, 0.15) is 28.7 Å². The van der Waals surface area contributed by atoms with Gasteiger partial charge in [-0.05, 0) is 81.4 Å². The molecule has 2 atom stereocenters. The average Bonchev–Trinajstić information content (AvgIpc) is 3.18. The van der Waals surface area contributed by atoms with Gasteiger partial charge in [0.25, 0.3) is 0 Å². The van der Waals surface area contributed by atoms with E-state index in [2.05, 4.69) is 0 Å². The van der Waals surface area contributed by atoms with Gasteiger partial charge in [-0.25, -0.2) is 0 Å². The minimum atomic E-state index is -3.98. The van der Waals surface area contributed by atoms with Crippen LogP contribution >= 0.6 is 0 Å². The summed E-state index contributed by atoms with van der Waals surface area (Å²) in [6.45, 7) is 8.22. The van der Waals surface area contributed by atoms with Gasteiger partial charge < -0.3 is 41.7 Å². The molecule has 0 radical (unpaired) electrons. The van der Waals surface area contributed by atoms with E-state index in [0.29, 0.717) is 28.7 Å². The molecule has 0 heterocycles. The van der Waals surface area contributed by atoms with E-state index in [4.69, 9.17) is 41.7 Å². The molecule has 9 nitrogen and oxygen atoms in total. The second-order valence-electron chi connectivity index (χ2n) is 11.8. The van der Waals surface area contributed by atoms with Crippen molar-refractivity contribution in [1.29, 1.82) is 0 Å². The van der Waals surface area contributed by atoms with Gasteiger partial charge in [-0.2, -0.15) is 0 Å². The summed E-state index contributed by atoms with van der Waals surface area (Å²) in [4.78, 5) is 0. The zero-order valence-corrected chi connectivity index (χ0v) is 31.3. The lowest BCUT2D eigenvalue weighted by Crippen LogP contribution is -2.65. The van der Waals surface area contributed by atoms with Crippen molar-refractivity contribution >= 4 is 8.80 Å². The van der Waals surface area contributed by atoms with Crippen molar-refractivity contribution in [3.63, 3.8) is 0 Å². The number of benzene rings is 5. The maximum Gasteiger partial charge on any atom is 0.632 e. The molecule has 0 fully saturated rings. The Bertz CT molecular complexity index is 1880.